The smallest absolute Gasteiger partial charge is 0.303 e. The fraction of sp³-hybridized carbons (Fsp3) is 0.261. The third-order valence-electron chi connectivity index (χ3n) is 5.08. The Morgan fingerprint density at radius 3 is 2.38 bits per heavy atom. The number of carboxylic acid groups (broad SMARTS) is 1. The fourth-order valence-corrected chi connectivity index (χ4v) is 3.89. The maximum absolute atomic E-state index is 12.8. The molecule has 1 aromatic heterocycles. The van der Waals surface area contributed by atoms with Crippen LogP contribution in [0.3, 0.4) is 0 Å². The number of carbonyl (C=O) groups is 3. The van der Waals surface area contributed by atoms with Gasteiger partial charge in [-0.1, -0.05) is 43.3 Å². The number of Topliss-reactive ketones (excluding diaryl/α,β-unsaturated/α-hetero) is 1. The number of nitrogens with two attached hydrogens (primary N) is 1. The molecule has 6 nitrogen and oxygen atoms in total. The van der Waals surface area contributed by atoms with E-state index in [-0.39, 0.29) is 12.8 Å². The van der Waals surface area contributed by atoms with Gasteiger partial charge in [-0.15, -0.1) is 0 Å². The summed E-state index contributed by atoms with van der Waals surface area (Å²) in [6.45, 7) is 4.40. The summed E-state index contributed by atoms with van der Waals surface area (Å²) in [5.41, 5.74) is 9.97. The minimum absolute atomic E-state index is 0.0614. The number of hydrogen-bond donors (Lipinski definition) is 2. The molecular weight excluding hydrogens is 368 g/mol. The molecule has 1 amide bonds. The van der Waals surface area contributed by atoms with Crippen LogP contribution in [0.4, 0.5) is 0 Å². The summed E-state index contributed by atoms with van der Waals surface area (Å²) in [5.74, 6) is -2.66. The number of rotatable bonds is 8. The van der Waals surface area contributed by atoms with Gasteiger partial charge in [-0.2, -0.15) is 0 Å². The van der Waals surface area contributed by atoms with E-state index in [1.807, 2.05) is 60.9 Å². The second-order valence-electron chi connectivity index (χ2n) is 7.15. The minimum atomic E-state index is -1.01. The van der Waals surface area contributed by atoms with E-state index in [1.165, 1.54) is 0 Å². The van der Waals surface area contributed by atoms with Crippen LogP contribution in [0.2, 0.25) is 0 Å². The third-order valence-corrected chi connectivity index (χ3v) is 5.08. The highest BCUT2D eigenvalue weighted by molar-refractivity contribution is 6.45. The number of primary amides is 1. The number of carboxylic acids is 1. The molecule has 0 bridgehead atoms. The van der Waals surface area contributed by atoms with Crippen molar-refractivity contribution >= 4 is 28.6 Å². The van der Waals surface area contributed by atoms with Crippen LogP contribution in [0.1, 0.15) is 46.1 Å². The first-order valence-electron chi connectivity index (χ1n) is 9.57. The molecule has 0 spiro atoms. The van der Waals surface area contributed by atoms with E-state index in [0.717, 1.165) is 27.9 Å². The van der Waals surface area contributed by atoms with Gasteiger partial charge in [0, 0.05) is 29.6 Å². The lowest BCUT2D eigenvalue weighted by molar-refractivity contribution is -0.137. The second kappa shape index (κ2) is 8.31. The largest absolute Gasteiger partial charge is 0.481 e. The van der Waals surface area contributed by atoms with Crippen LogP contribution in [0, 0.1) is 6.92 Å². The molecule has 0 radical (unpaired) electrons. The Labute approximate surface area is 168 Å². The van der Waals surface area contributed by atoms with E-state index in [9.17, 15) is 14.4 Å². The van der Waals surface area contributed by atoms with E-state index in [2.05, 4.69) is 0 Å². The van der Waals surface area contributed by atoms with Gasteiger partial charge in [0.15, 0.2) is 0 Å². The molecule has 6 heteroatoms. The lowest BCUT2D eigenvalue weighted by Crippen LogP contribution is -2.24. The first-order chi connectivity index (χ1) is 13.8. The maximum atomic E-state index is 12.8. The van der Waals surface area contributed by atoms with Crippen molar-refractivity contribution in [2.45, 2.75) is 39.7 Å². The zero-order valence-corrected chi connectivity index (χ0v) is 16.6. The van der Waals surface area contributed by atoms with Crippen molar-refractivity contribution in [1.29, 1.82) is 0 Å². The first-order valence-corrected chi connectivity index (χ1v) is 9.57. The lowest BCUT2D eigenvalue weighted by atomic mass is 9.96. The van der Waals surface area contributed by atoms with Gasteiger partial charge in [0.2, 0.25) is 0 Å². The van der Waals surface area contributed by atoms with Crippen LogP contribution >= 0.6 is 0 Å². The molecule has 0 aliphatic rings. The van der Waals surface area contributed by atoms with Gasteiger partial charge in [-0.05, 0) is 42.5 Å². The van der Waals surface area contributed by atoms with E-state index >= 15 is 0 Å². The Bertz CT molecular complexity index is 1100. The maximum Gasteiger partial charge on any atom is 0.303 e. The fourth-order valence-electron chi connectivity index (χ4n) is 3.89. The Kier molecular flexibility index (Phi) is 5.82. The number of carbonyl (C=O) groups excluding carboxylic acids is 2. The highest BCUT2D eigenvalue weighted by atomic mass is 16.4. The molecule has 29 heavy (non-hydrogen) atoms. The first kappa shape index (κ1) is 20.3. The van der Waals surface area contributed by atoms with Crippen LogP contribution in [0.5, 0.6) is 0 Å². The van der Waals surface area contributed by atoms with Gasteiger partial charge >= 0.3 is 5.97 Å². The summed E-state index contributed by atoms with van der Waals surface area (Å²) < 4.78 is 2.04. The molecule has 3 N–H and O–H groups in total. The quantitative estimate of drug-likeness (QED) is 0.454. The minimum Gasteiger partial charge on any atom is -0.481 e. The highest BCUT2D eigenvalue weighted by Gasteiger charge is 2.27. The standard InChI is InChI=1S/C23H24N2O4/c1-3-17-21(22(28)23(24)29)20-16(9-10-19(26)27)11-14(2)12-18(20)25(17)13-15-7-5-4-6-8-15/h4-8,11-12H,3,9-10,13H2,1-2H3,(H2,24,29)(H,26,27). The normalized spacial score (nSPS) is 11.0. The molecule has 0 unspecified atom stereocenters. The van der Waals surface area contributed by atoms with Crippen molar-refractivity contribution in [3.8, 4) is 0 Å². The van der Waals surface area contributed by atoms with Gasteiger partial charge in [0.1, 0.15) is 0 Å². The van der Waals surface area contributed by atoms with E-state index in [4.69, 9.17) is 10.8 Å². The van der Waals surface area contributed by atoms with Crippen molar-refractivity contribution in [1.82, 2.24) is 4.57 Å². The van der Waals surface area contributed by atoms with E-state index in [1.54, 1.807) is 0 Å². The van der Waals surface area contributed by atoms with Gasteiger partial charge in [-0.3, -0.25) is 14.4 Å². The molecule has 3 aromatic rings. The molecule has 2 aromatic carbocycles. The molecule has 0 aliphatic carbocycles. The Hall–Kier alpha value is -3.41. The summed E-state index contributed by atoms with van der Waals surface area (Å²) in [5, 5.41) is 9.77. The summed E-state index contributed by atoms with van der Waals surface area (Å²) >= 11 is 0. The van der Waals surface area contributed by atoms with Crippen molar-refractivity contribution in [3.63, 3.8) is 0 Å². The zero-order valence-electron chi connectivity index (χ0n) is 16.6. The summed E-state index contributed by atoms with van der Waals surface area (Å²) in [6.07, 6.45) is 0.742. The van der Waals surface area contributed by atoms with Crippen LogP contribution in [-0.4, -0.2) is 27.3 Å². The predicted octanol–water partition coefficient (Wildman–Crippen LogP) is 3.25. The predicted molar refractivity (Wildman–Crippen MR) is 111 cm³/mol. The molecule has 1 heterocycles. The average molecular weight is 392 g/mol. The van der Waals surface area contributed by atoms with Crippen molar-refractivity contribution in [2.24, 2.45) is 5.73 Å². The number of ketones is 1. The number of aromatic nitrogens is 1. The average Bonchev–Trinajstić information content (AvgIpc) is 2.99. The molecule has 150 valence electrons. The van der Waals surface area contributed by atoms with Crippen molar-refractivity contribution < 1.29 is 19.5 Å². The van der Waals surface area contributed by atoms with Gasteiger partial charge < -0.3 is 15.4 Å². The van der Waals surface area contributed by atoms with Crippen LogP contribution in [0.15, 0.2) is 42.5 Å². The van der Waals surface area contributed by atoms with Gasteiger partial charge in [-0.25, -0.2) is 0 Å². The number of hydrogen-bond acceptors (Lipinski definition) is 3. The lowest BCUT2D eigenvalue weighted by Gasteiger charge is -2.11. The highest BCUT2D eigenvalue weighted by Crippen LogP contribution is 2.33. The van der Waals surface area contributed by atoms with E-state index < -0.39 is 17.7 Å². The summed E-state index contributed by atoms with van der Waals surface area (Å²) in [4.78, 5) is 35.7. The van der Waals surface area contributed by atoms with Crippen molar-refractivity contribution in [2.75, 3.05) is 0 Å². The van der Waals surface area contributed by atoms with Gasteiger partial charge in [0.05, 0.1) is 5.56 Å². The van der Waals surface area contributed by atoms with Crippen LogP contribution in [0.25, 0.3) is 10.9 Å². The van der Waals surface area contributed by atoms with E-state index in [0.29, 0.717) is 23.9 Å². The molecule has 0 saturated carbocycles. The second-order valence-corrected chi connectivity index (χ2v) is 7.15. The Balaban J connectivity index is 2.33. The topological polar surface area (TPSA) is 102 Å². The third kappa shape index (κ3) is 4.06. The van der Waals surface area contributed by atoms with Crippen LogP contribution < -0.4 is 5.73 Å². The molecule has 0 aliphatic heterocycles. The number of fused-ring (bicyclic) bond motifs is 1. The van der Waals surface area contributed by atoms with Gasteiger partial charge in [0.25, 0.3) is 11.7 Å². The Morgan fingerprint density at radius 2 is 1.79 bits per heavy atom. The molecule has 0 saturated heterocycles. The number of nitrogens with zero attached hydrogens (tertiary/aromatic N) is 1. The molecule has 0 fully saturated rings. The number of aryl methyl sites for hydroxylation is 2. The zero-order chi connectivity index (χ0) is 21.1. The number of aliphatic carboxylic acids is 1. The SMILES string of the molecule is CCc1c(C(=O)C(N)=O)c2c(CCC(=O)O)cc(C)cc2n1Cc1ccccc1. The number of amides is 1. The molecule has 0 atom stereocenters. The van der Waals surface area contributed by atoms with Crippen molar-refractivity contribution in [3.05, 3.63) is 70.4 Å². The monoisotopic (exact) mass is 392 g/mol. The van der Waals surface area contributed by atoms with Crippen LogP contribution in [-0.2, 0) is 29.0 Å². The summed E-state index contributed by atoms with van der Waals surface area (Å²) in [6, 6.07) is 13.7. The molecule has 3 rings (SSSR count). The molecular formula is C23H24N2O4. The number of benzene rings is 2. The summed E-state index contributed by atoms with van der Waals surface area (Å²) in [7, 11) is 0. The Morgan fingerprint density at radius 1 is 1.10 bits per heavy atom.